The van der Waals surface area contributed by atoms with Crippen molar-refractivity contribution in [2.75, 3.05) is 5.32 Å². The number of benzene rings is 2. The summed E-state index contributed by atoms with van der Waals surface area (Å²) in [5, 5.41) is 5.33. The van der Waals surface area contributed by atoms with Crippen molar-refractivity contribution in [3.05, 3.63) is 80.3 Å². The second-order valence-electron chi connectivity index (χ2n) is 7.70. The maximum absolute atomic E-state index is 12.8. The quantitative estimate of drug-likeness (QED) is 0.440. The molecule has 0 fully saturated rings. The smallest absolute Gasteiger partial charge is 0.336 e. The second kappa shape index (κ2) is 7.26. The number of pyridine rings is 1. The highest BCUT2D eigenvalue weighted by molar-refractivity contribution is 6.36. The summed E-state index contributed by atoms with van der Waals surface area (Å²) in [7, 11) is 0. The predicted molar refractivity (Wildman–Crippen MR) is 119 cm³/mol. The number of halogens is 1. The second-order valence-corrected chi connectivity index (χ2v) is 8.08. The van der Waals surface area contributed by atoms with Crippen LogP contribution in [0.3, 0.4) is 0 Å². The zero-order valence-corrected chi connectivity index (χ0v) is 17.2. The van der Waals surface area contributed by atoms with Gasteiger partial charge in [-0.15, -0.1) is 0 Å². The van der Waals surface area contributed by atoms with E-state index in [-0.39, 0.29) is 5.91 Å². The molecule has 30 heavy (non-hydrogen) atoms. The van der Waals surface area contributed by atoms with Crippen LogP contribution in [-0.2, 0) is 12.8 Å². The summed E-state index contributed by atoms with van der Waals surface area (Å²) in [5.74, 6) is -0.262. The Kier molecular flexibility index (Phi) is 4.55. The van der Waals surface area contributed by atoms with Crippen molar-refractivity contribution in [1.29, 1.82) is 0 Å². The first-order chi connectivity index (χ1) is 14.5. The summed E-state index contributed by atoms with van der Waals surface area (Å²) in [6, 6.07) is 12.1. The van der Waals surface area contributed by atoms with Crippen molar-refractivity contribution in [2.24, 2.45) is 0 Å². The molecule has 1 N–H and O–H groups in total. The SMILES string of the molecule is Cc1cc(=O)oc2cc(NC(=O)c3ccc4c(Cl)c5c(nc4c3)CCCC5)ccc12. The Morgan fingerprint density at radius 2 is 1.87 bits per heavy atom. The number of carbonyl (C=O) groups excluding carboxylic acids is 1. The molecular weight excluding hydrogens is 400 g/mol. The van der Waals surface area contributed by atoms with Crippen LogP contribution in [0.25, 0.3) is 21.9 Å². The average molecular weight is 419 g/mol. The number of fused-ring (bicyclic) bond motifs is 3. The molecule has 1 amide bonds. The lowest BCUT2D eigenvalue weighted by Crippen LogP contribution is -2.12. The van der Waals surface area contributed by atoms with E-state index in [0.717, 1.165) is 63.8 Å². The standard InChI is InChI=1S/C24H19ClN2O3/c1-13-10-22(28)30-21-12-15(7-9-16(13)21)26-24(29)14-6-8-18-20(11-14)27-19-5-3-2-4-17(19)23(18)25/h6-12H,2-5H2,1H3,(H,26,29). The average Bonchev–Trinajstić information content (AvgIpc) is 2.73. The van der Waals surface area contributed by atoms with Gasteiger partial charge < -0.3 is 9.73 Å². The summed E-state index contributed by atoms with van der Waals surface area (Å²) < 4.78 is 5.26. The van der Waals surface area contributed by atoms with E-state index in [1.165, 1.54) is 6.07 Å². The molecule has 2 aromatic carbocycles. The van der Waals surface area contributed by atoms with Crippen LogP contribution in [0.5, 0.6) is 0 Å². The van der Waals surface area contributed by atoms with Crippen LogP contribution < -0.4 is 10.9 Å². The molecule has 0 bridgehead atoms. The van der Waals surface area contributed by atoms with Gasteiger partial charge >= 0.3 is 5.63 Å². The first kappa shape index (κ1) is 18.8. The van der Waals surface area contributed by atoms with E-state index < -0.39 is 5.63 Å². The van der Waals surface area contributed by atoms with Crippen LogP contribution in [0.2, 0.25) is 5.02 Å². The normalized spacial score (nSPS) is 13.4. The molecule has 1 aliphatic carbocycles. The maximum atomic E-state index is 12.8. The van der Waals surface area contributed by atoms with Crippen LogP contribution in [-0.4, -0.2) is 10.9 Å². The van der Waals surface area contributed by atoms with Crippen LogP contribution in [0.15, 0.2) is 51.7 Å². The Hall–Kier alpha value is -3.18. The molecule has 6 heteroatoms. The van der Waals surface area contributed by atoms with Gasteiger partial charge in [-0.25, -0.2) is 4.79 Å². The Labute approximate surface area is 177 Å². The molecule has 0 spiro atoms. The molecule has 0 atom stereocenters. The monoisotopic (exact) mass is 418 g/mol. The summed E-state index contributed by atoms with van der Waals surface area (Å²) >= 11 is 6.63. The number of hydrogen-bond acceptors (Lipinski definition) is 4. The van der Waals surface area contributed by atoms with Gasteiger partial charge in [-0.1, -0.05) is 17.7 Å². The number of amides is 1. The third-order valence-electron chi connectivity index (χ3n) is 5.66. The summed E-state index contributed by atoms with van der Waals surface area (Å²) in [4.78, 5) is 29.3. The van der Waals surface area contributed by atoms with E-state index in [4.69, 9.17) is 21.0 Å². The van der Waals surface area contributed by atoms with E-state index in [1.54, 1.807) is 24.3 Å². The molecule has 0 saturated heterocycles. The van der Waals surface area contributed by atoms with E-state index in [9.17, 15) is 9.59 Å². The zero-order chi connectivity index (χ0) is 20.8. The van der Waals surface area contributed by atoms with Gasteiger partial charge in [-0.05, 0) is 68.0 Å². The van der Waals surface area contributed by atoms with E-state index >= 15 is 0 Å². The first-order valence-corrected chi connectivity index (χ1v) is 10.3. The van der Waals surface area contributed by atoms with Crippen LogP contribution in [0.1, 0.15) is 40.0 Å². The molecule has 5 rings (SSSR count). The van der Waals surface area contributed by atoms with Gasteiger partial charge in [0.25, 0.3) is 5.91 Å². The largest absolute Gasteiger partial charge is 0.423 e. The molecule has 5 nitrogen and oxygen atoms in total. The van der Waals surface area contributed by atoms with Crippen LogP contribution in [0.4, 0.5) is 5.69 Å². The number of rotatable bonds is 2. The fourth-order valence-electron chi connectivity index (χ4n) is 4.11. The third kappa shape index (κ3) is 3.25. The van der Waals surface area contributed by atoms with E-state index in [0.29, 0.717) is 16.8 Å². The molecule has 4 aromatic rings. The first-order valence-electron chi connectivity index (χ1n) is 9.96. The molecule has 1 aliphatic rings. The minimum atomic E-state index is -0.413. The molecule has 0 unspecified atom stereocenters. The predicted octanol–water partition coefficient (Wildman–Crippen LogP) is 5.43. The van der Waals surface area contributed by atoms with Crippen molar-refractivity contribution in [3.63, 3.8) is 0 Å². The van der Waals surface area contributed by atoms with Crippen molar-refractivity contribution in [3.8, 4) is 0 Å². The fourth-order valence-corrected chi connectivity index (χ4v) is 4.48. The molecule has 0 aliphatic heterocycles. The van der Waals surface area contributed by atoms with E-state index in [2.05, 4.69) is 5.32 Å². The number of hydrogen-bond donors (Lipinski definition) is 1. The zero-order valence-electron chi connectivity index (χ0n) is 16.4. The Balaban J connectivity index is 1.49. The van der Waals surface area contributed by atoms with Crippen LogP contribution >= 0.6 is 11.6 Å². The minimum Gasteiger partial charge on any atom is -0.423 e. The lowest BCUT2D eigenvalue weighted by molar-refractivity contribution is 0.102. The number of aromatic nitrogens is 1. The Morgan fingerprint density at radius 1 is 1.07 bits per heavy atom. The molecule has 0 saturated carbocycles. The van der Waals surface area contributed by atoms with Crippen molar-refractivity contribution < 1.29 is 9.21 Å². The highest BCUT2D eigenvalue weighted by Crippen LogP contribution is 2.33. The fraction of sp³-hybridized carbons (Fsp3) is 0.208. The Morgan fingerprint density at radius 3 is 2.73 bits per heavy atom. The van der Waals surface area contributed by atoms with Gasteiger partial charge in [-0.2, -0.15) is 0 Å². The molecule has 150 valence electrons. The Bertz CT molecular complexity index is 1390. The van der Waals surface area contributed by atoms with Crippen LogP contribution in [0, 0.1) is 6.92 Å². The van der Waals surface area contributed by atoms with Gasteiger partial charge in [0, 0.05) is 39.8 Å². The number of aryl methyl sites for hydroxylation is 2. The number of carbonyl (C=O) groups is 1. The van der Waals surface area contributed by atoms with Crippen molar-refractivity contribution in [1.82, 2.24) is 4.98 Å². The van der Waals surface area contributed by atoms with Gasteiger partial charge in [0.05, 0.1) is 10.5 Å². The summed E-state index contributed by atoms with van der Waals surface area (Å²) in [5.41, 5.74) is 4.82. The van der Waals surface area contributed by atoms with Crippen molar-refractivity contribution in [2.45, 2.75) is 32.6 Å². The highest BCUT2D eigenvalue weighted by atomic mass is 35.5. The lowest BCUT2D eigenvalue weighted by Gasteiger charge is -2.18. The number of anilines is 1. The van der Waals surface area contributed by atoms with Gasteiger partial charge in [0.1, 0.15) is 5.58 Å². The molecule has 2 aromatic heterocycles. The summed E-state index contributed by atoms with van der Waals surface area (Å²) in [6.07, 6.45) is 4.12. The number of nitrogens with one attached hydrogen (secondary N) is 1. The highest BCUT2D eigenvalue weighted by Gasteiger charge is 2.18. The third-order valence-corrected chi connectivity index (χ3v) is 6.10. The molecular formula is C24H19ClN2O3. The molecule has 0 radical (unpaired) electrons. The summed E-state index contributed by atoms with van der Waals surface area (Å²) in [6.45, 7) is 1.85. The van der Waals surface area contributed by atoms with E-state index in [1.807, 2.05) is 19.1 Å². The maximum Gasteiger partial charge on any atom is 0.336 e. The topological polar surface area (TPSA) is 72.2 Å². The van der Waals surface area contributed by atoms with Gasteiger partial charge in [0.2, 0.25) is 0 Å². The van der Waals surface area contributed by atoms with Gasteiger partial charge in [0.15, 0.2) is 0 Å². The molecule has 2 heterocycles. The minimum absolute atomic E-state index is 0.262. The van der Waals surface area contributed by atoms with Crippen molar-refractivity contribution >= 4 is 45.1 Å². The van der Waals surface area contributed by atoms with Gasteiger partial charge in [-0.3, -0.25) is 9.78 Å². The lowest BCUT2D eigenvalue weighted by atomic mass is 9.94. The number of nitrogens with zero attached hydrogens (tertiary/aromatic N) is 1.